The standard InChI is InChI=1S/C27H38N2O8.CH4/c1-4-19(3)12-13-21(30)18-29-16-8-9-20(27(29)36)17-23(31)22(28-24(32)14-15-25(33)34)10-6-7-11-26(35)37-5-2;/h7-9,11,16,19,22H,4-6,10,12-15,17-18H2,1-3H3,(H,28,32)(H,33,34);1H4/b11-7+;/t19?,22-;/m0./s1. The van der Waals surface area contributed by atoms with Crippen LogP contribution in [-0.2, 0) is 41.7 Å². The number of rotatable bonds is 18. The van der Waals surface area contributed by atoms with Crippen molar-refractivity contribution in [2.24, 2.45) is 5.92 Å². The summed E-state index contributed by atoms with van der Waals surface area (Å²) in [5, 5.41) is 11.3. The number of carboxylic acid groups (broad SMARTS) is 1. The van der Waals surface area contributed by atoms with Crippen molar-refractivity contribution in [2.75, 3.05) is 6.61 Å². The number of carboxylic acids is 1. The third-order valence-corrected chi connectivity index (χ3v) is 5.88. The van der Waals surface area contributed by atoms with Crippen LogP contribution in [0.3, 0.4) is 0 Å². The van der Waals surface area contributed by atoms with E-state index in [1.807, 2.05) is 0 Å². The summed E-state index contributed by atoms with van der Waals surface area (Å²) in [5.41, 5.74) is -0.264. The van der Waals surface area contributed by atoms with Gasteiger partial charge in [0.2, 0.25) is 5.91 Å². The van der Waals surface area contributed by atoms with Crippen LogP contribution in [0.15, 0.2) is 35.3 Å². The molecule has 2 atom stereocenters. The molecule has 0 saturated heterocycles. The van der Waals surface area contributed by atoms with Gasteiger partial charge in [0.15, 0.2) is 11.6 Å². The van der Waals surface area contributed by atoms with E-state index in [-0.39, 0.29) is 64.0 Å². The molecule has 1 unspecified atom stereocenters. The van der Waals surface area contributed by atoms with Crippen LogP contribution in [0, 0.1) is 5.92 Å². The van der Waals surface area contributed by atoms with Crippen LogP contribution >= 0.6 is 0 Å². The fourth-order valence-corrected chi connectivity index (χ4v) is 3.47. The number of pyridine rings is 1. The van der Waals surface area contributed by atoms with Gasteiger partial charge in [0, 0.05) is 37.1 Å². The van der Waals surface area contributed by atoms with E-state index in [1.54, 1.807) is 13.0 Å². The normalized spacial score (nSPS) is 12.3. The molecule has 10 heteroatoms. The molecule has 0 aliphatic rings. The minimum atomic E-state index is -1.14. The number of Topliss-reactive ketones (excluding diaryl/α,β-unsaturated/α-hetero) is 2. The highest BCUT2D eigenvalue weighted by Crippen LogP contribution is 2.10. The summed E-state index contributed by atoms with van der Waals surface area (Å²) in [5.74, 6) is -2.36. The quantitative estimate of drug-likeness (QED) is 0.215. The number of aromatic nitrogens is 1. The number of nitrogens with zero attached hydrogens (tertiary/aromatic N) is 1. The van der Waals surface area contributed by atoms with Crippen molar-refractivity contribution in [3.63, 3.8) is 0 Å². The fraction of sp³-hybridized carbons (Fsp3) is 0.571. The van der Waals surface area contributed by atoms with Gasteiger partial charge in [-0.05, 0) is 38.2 Å². The van der Waals surface area contributed by atoms with Crippen molar-refractivity contribution in [2.45, 2.75) is 92.2 Å². The number of carbonyl (C=O) groups excluding carboxylic acids is 4. The molecular weight excluding hydrogens is 492 g/mol. The fourth-order valence-electron chi connectivity index (χ4n) is 3.47. The molecule has 0 fully saturated rings. The number of hydrogen-bond donors (Lipinski definition) is 2. The SMILES string of the molecule is C.CCOC(=O)/C=C/CC[C@H](NC(=O)CCC(=O)O)C(=O)Cc1cccn(CC(=O)CCC(C)CC)c1=O. The molecular formula is C28H42N2O8. The van der Waals surface area contributed by atoms with Crippen LogP contribution in [0.5, 0.6) is 0 Å². The van der Waals surface area contributed by atoms with Gasteiger partial charge in [0.25, 0.3) is 5.56 Å². The van der Waals surface area contributed by atoms with Crippen molar-refractivity contribution in [1.82, 2.24) is 9.88 Å². The third kappa shape index (κ3) is 13.7. The first-order valence-electron chi connectivity index (χ1n) is 12.6. The Bertz CT molecular complexity index is 1030. The van der Waals surface area contributed by atoms with Crippen LogP contribution in [0.2, 0.25) is 0 Å². The summed E-state index contributed by atoms with van der Waals surface area (Å²) in [4.78, 5) is 72.7. The van der Waals surface area contributed by atoms with Crippen molar-refractivity contribution in [3.8, 4) is 0 Å². The second-order valence-corrected chi connectivity index (χ2v) is 8.95. The first-order valence-corrected chi connectivity index (χ1v) is 12.6. The van der Waals surface area contributed by atoms with E-state index in [1.165, 1.54) is 29.0 Å². The van der Waals surface area contributed by atoms with E-state index in [0.717, 1.165) is 12.8 Å². The molecule has 1 heterocycles. The Balaban J connectivity index is 0.0000137. The third-order valence-electron chi connectivity index (χ3n) is 5.88. The minimum Gasteiger partial charge on any atom is -0.481 e. The lowest BCUT2D eigenvalue weighted by molar-refractivity contribution is -0.139. The van der Waals surface area contributed by atoms with E-state index in [0.29, 0.717) is 12.3 Å². The predicted molar refractivity (Wildman–Crippen MR) is 144 cm³/mol. The highest BCUT2D eigenvalue weighted by atomic mass is 16.5. The lowest BCUT2D eigenvalue weighted by Gasteiger charge is -2.17. The van der Waals surface area contributed by atoms with Crippen molar-refractivity contribution in [3.05, 3.63) is 46.4 Å². The van der Waals surface area contributed by atoms with Gasteiger partial charge in [-0.3, -0.25) is 24.0 Å². The van der Waals surface area contributed by atoms with E-state index in [2.05, 4.69) is 19.2 Å². The molecule has 0 saturated carbocycles. The summed E-state index contributed by atoms with van der Waals surface area (Å²) in [6.45, 7) is 5.94. The van der Waals surface area contributed by atoms with E-state index < -0.39 is 35.2 Å². The zero-order valence-electron chi connectivity index (χ0n) is 21.9. The average Bonchev–Trinajstić information content (AvgIpc) is 2.85. The molecule has 212 valence electrons. The highest BCUT2D eigenvalue weighted by Gasteiger charge is 2.22. The lowest BCUT2D eigenvalue weighted by atomic mass is 10.00. The molecule has 0 aromatic carbocycles. The molecule has 2 N–H and O–H groups in total. The second kappa shape index (κ2) is 18.6. The monoisotopic (exact) mass is 534 g/mol. The maximum Gasteiger partial charge on any atom is 0.330 e. The number of hydrogen-bond acceptors (Lipinski definition) is 7. The molecule has 0 radical (unpaired) electrons. The topological polar surface area (TPSA) is 149 Å². The van der Waals surface area contributed by atoms with Crippen LogP contribution in [0.25, 0.3) is 0 Å². The summed E-state index contributed by atoms with van der Waals surface area (Å²) in [7, 11) is 0. The number of aliphatic carboxylic acids is 1. The zero-order chi connectivity index (χ0) is 27.8. The Hall–Kier alpha value is -3.56. The number of amides is 1. The summed E-state index contributed by atoms with van der Waals surface area (Å²) in [6.07, 6.45) is 5.78. The van der Waals surface area contributed by atoms with E-state index in [9.17, 15) is 28.8 Å². The Morgan fingerprint density at radius 3 is 2.45 bits per heavy atom. The maximum atomic E-state index is 13.1. The second-order valence-electron chi connectivity index (χ2n) is 8.95. The molecule has 1 amide bonds. The van der Waals surface area contributed by atoms with Crippen LogP contribution in [0.1, 0.15) is 78.7 Å². The van der Waals surface area contributed by atoms with E-state index in [4.69, 9.17) is 9.84 Å². The number of allylic oxidation sites excluding steroid dienone is 1. The van der Waals surface area contributed by atoms with Gasteiger partial charge in [0.1, 0.15) is 0 Å². The summed E-state index contributed by atoms with van der Waals surface area (Å²) >= 11 is 0. The molecule has 38 heavy (non-hydrogen) atoms. The van der Waals surface area contributed by atoms with Crippen LogP contribution in [-0.4, -0.2) is 51.7 Å². The van der Waals surface area contributed by atoms with Gasteiger partial charge >= 0.3 is 11.9 Å². The van der Waals surface area contributed by atoms with E-state index >= 15 is 0 Å². The molecule has 0 aliphatic heterocycles. The number of ether oxygens (including phenoxy) is 1. The van der Waals surface area contributed by atoms with Gasteiger partial charge < -0.3 is 19.7 Å². The van der Waals surface area contributed by atoms with Gasteiger partial charge in [-0.2, -0.15) is 0 Å². The first-order chi connectivity index (χ1) is 17.6. The summed E-state index contributed by atoms with van der Waals surface area (Å²) < 4.78 is 6.08. The predicted octanol–water partition coefficient (Wildman–Crippen LogP) is 3.24. The van der Waals surface area contributed by atoms with Crippen molar-refractivity contribution >= 4 is 29.4 Å². The molecule has 1 aromatic heterocycles. The zero-order valence-corrected chi connectivity index (χ0v) is 21.9. The lowest BCUT2D eigenvalue weighted by Crippen LogP contribution is -2.42. The largest absolute Gasteiger partial charge is 0.481 e. The van der Waals surface area contributed by atoms with Crippen molar-refractivity contribution < 1.29 is 33.8 Å². The smallest absolute Gasteiger partial charge is 0.330 e. The van der Waals surface area contributed by atoms with Crippen LogP contribution in [0.4, 0.5) is 0 Å². The molecule has 0 aliphatic carbocycles. The maximum absolute atomic E-state index is 13.1. The summed E-state index contributed by atoms with van der Waals surface area (Å²) in [6, 6.07) is 2.11. The molecule has 1 rings (SSSR count). The van der Waals surface area contributed by atoms with Gasteiger partial charge in [-0.15, -0.1) is 0 Å². The average molecular weight is 535 g/mol. The van der Waals surface area contributed by atoms with Gasteiger partial charge in [0.05, 0.1) is 25.6 Å². The van der Waals surface area contributed by atoms with Gasteiger partial charge in [-0.25, -0.2) is 4.79 Å². The highest BCUT2D eigenvalue weighted by molar-refractivity contribution is 5.91. The van der Waals surface area contributed by atoms with Crippen molar-refractivity contribution in [1.29, 1.82) is 0 Å². The number of nitrogens with one attached hydrogen (secondary N) is 1. The number of carbonyl (C=O) groups is 5. The van der Waals surface area contributed by atoms with Crippen LogP contribution < -0.4 is 10.9 Å². The molecule has 0 bridgehead atoms. The minimum absolute atomic E-state index is 0. The molecule has 10 nitrogen and oxygen atoms in total. The van der Waals surface area contributed by atoms with Gasteiger partial charge in [-0.1, -0.05) is 39.8 Å². The Morgan fingerprint density at radius 1 is 1.11 bits per heavy atom. The Labute approximate surface area is 224 Å². The Kier molecular flexibility index (Phi) is 16.9. The molecule has 1 aromatic rings. The number of esters is 1. The number of ketones is 2. The first kappa shape index (κ1) is 34.4. The Morgan fingerprint density at radius 2 is 1.82 bits per heavy atom. The molecule has 0 spiro atoms.